The summed E-state index contributed by atoms with van der Waals surface area (Å²) in [6.45, 7) is 2.57. The number of aromatic nitrogens is 4. The number of carbonyl (C=O) groups is 2. The summed E-state index contributed by atoms with van der Waals surface area (Å²) in [5.74, 6) is -0.372. The molecular formula is C21H25N7O4S. The van der Waals surface area contributed by atoms with Crippen molar-refractivity contribution < 1.29 is 19.1 Å². The van der Waals surface area contributed by atoms with E-state index in [1.165, 1.54) is 11.3 Å². The highest BCUT2D eigenvalue weighted by Gasteiger charge is 2.21. The average Bonchev–Trinajstić information content (AvgIpc) is 3.44. The maximum absolute atomic E-state index is 12.9. The van der Waals surface area contributed by atoms with E-state index >= 15 is 0 Å². The van der Waals surface area contributed by atoms with Crippen molar-refractivity contribution in [2.45, 2.75) is 6.54 Å². The van der Waals surface area contributed by atoms with Gasteiger partial charge in [0, 0.05) is 42.5 Å². The maximum atomic E-state index is 12.9. The predicted octanol–water partition coefficient (Wildman–Crippen LogP) is 1.35. The van der Waals surface area contributed by atoms with Crippen molar-refractivity contribution in [3.63, 3.8) is 0 Å². The van der Waals surface area contributed by atoms with Crippen molar-refractivity contribution in [2.75, 3.05) is 52.3 Å². The molecule has 12 heteroatoms. The Balaban J connectivity index is 1.62. The fraction of sp³-hybridized carbons (Fsp3) is 0.381. The summed E-state index contributed by atoms with van der Waals surface area (Å²) < 4.78 is 12.8. The van der Waals surface area contributed by atoms with E-state index in [0.29, 0.717) is 49.5 Å². The standard InChI is InChI=1S/C21H25N7O4S/c1-27(2)6-7-28-12-15-18(26-28)20(30)23-5-8-31-9-10-32-17-11-14(3-4-22-17)21-25-16(13-33-21)19(29)24-15/h3-4,11-13H,5-10H2,1-2H3,(H,23,30)(H,24,29). The Labute approximate surface area is 194 Å². The van der Waals surface area contributed by atoms with Crippen LogP contribution in [0.25, 0.3) is 10.6 Å². The third kappa shape index (κ3) is 5.92. The molecule has 0 radical (unpaired) electrons. The zero-order valence-electron chi connectivity index (χ0n) is 18.4. The van der Waals surface area contributed by atoms with Crippen LogP contribution in [0.5, 0.6) is 5.88 Å². The fourth-order valence-electron chi connectivity index (χ4n) is 3.04. The Morgan fingerprint density at radius 3 is 2.94 bits per heavy atom. The molecule has 0 atom stereocenters. The highest BCUT2D eigenvalue weighted by atomic mass is 32.1. The Morgan fingerprint density at radius 2 is 2.09 bits per heavy atom. The van der Waals surface area contributed by atoms with Gasteiger partial charge in [-0.15, -0.1) is 11.3 Å². The summed E-state index contributed by atoms with van der Waals surface area (Å²) in [7, 11) is 3.90. The Kier molecular flexibility index (Phi) is 7.27. The van der Waals surface area contributed by atoms with Gasteiger partial charge in [0.15, 0.2) is 5.69 Å². The third-order valence-corrected chi connectivity index (χ3v) is 5.62. The Morgan fingerprint density at radius 1 is 1.21 bits per heavy atom. The number of rotatable bonds is 3. The first kappa shape index (κ1) is 22.8. The Hall–Kier alpha value is -3.35. The second-order valence-electron chi connectivity index (χ2n) is 7.55. The highest BCUT2D eigenvalue weighted by molar-refractivity contribution is 7.13. The number of thiazole rings is 1. The van der Waals surface area contributed by atoms with Gasteiger partial charge in [0.1, 0.15) is 17.3 Å². The molecule has 2 N–H and O–H groups in total. The summed E-state index contributed by atoms with van der Waals surface area (Å²) in [5.41, 5.74) is 1.51. The lowest BCUT2D eigenvalue weighted by Crippen LogP contribution is -2.29. The van der Waals surface area contributed by atoms with Crippen LogP contribution in [0, 0.1) is 0 Å². The number of nitrogens with one attached hydrogen (secondary N) is 2. The molecule has 0 unspecified atom stereocenters. The van der Waals surface area contributed by atoms with E-state index in [1.807, 2.05) is 19.0 Å². The van der Waals surface area contributed by atoms with Crippen LogP contribution < -0.4 is 15.4 Å². The van der Waals surface area contributed by atoms with Gasteiger partial charge < -0.3 is 25.0 Å². The summed E-state index contributed by atoms with van der Waals surface area (Å²) in [6, 6.07) is 3.58. The summed E-state index contributed by atoms with van der Waals surface area (Å²) in [5, 5.41) is 12.3. The van der Waals surface area contributed by atoms with Gasteiger partial charge in [-0.2, -0.15) is 5.10 Å². The quantitative estimate of drug-likeness (QED) is 0.587. The van der Waals surface area contributed by atoms with Crippen LogP contribution in [0.3, 0.4) is 0 Å². The lowest BCUT2D eigenvalue weighted by atomic mass is 10.3. The fourth-order valence-corrected chi connectivity index (χ4v) is 3.84. The molecular weight excluding hydrogens is 446 g/mol. The van der Waals surface area contributed by atoms with Crippen molar-refractivity contribution in [1.82, 2.24) is 30.0 Å². The molecule has 1 aliphatic rings. The average molecular weight is 472 g/mol. The normalized spacial score (nSPS) is 15.1. The van der Waals surface area contributed by atoms with Crippen LogP contribution in [0.15, 0.2) is 29.9 Å². The van der Waals surface area contributed by atoms with Gasteiger partial charge in [0.05, 0.1) is 25.4 Å². The van der Waals surface area contributed by atoms with E-state index in [0.717, 1.165) is 12.1 Å². The molecule has 1 aliphatic heterocycles. The van der Waals surface area contributed by atoms with Crippen LogP contribution in [-0.4, -0.2) is 83.5 Å². The van der Waals surface area contributed by atoms with Gasteiger partial charge in [0.25, 0.3) is 11.8 Å². The van der Waals surface area contributed by atoms with Crippen LogP contribution in [0.1, 0.15) is 21.0 Å². The molecule has 0 spiro atoms. The first-order valence-electron chi connectivity index (χ1n) is 10.4. The SMILES string of the molecule is CN(C)CCn1cc2c(n1)C(=O)NCCOCCOc1cc(ccn1)-c1nc(cs1)C(=O)N2. The van der Waals surface area contributed by atoms with Gasteiger partial charge >= 0.3 is 0 Å². The van der Waals surface area contributed by atoms with Crippen molar-refractivity contribution in [2.24, 2.45) is 0 Å². The molecule has 3 aromatic heterocycles. The van der Waals surface area contributed by atoms with Gasteiger partial charge in [-0.05, 0) is 20.2 Å². The highest BCUT2D eigenvalue weighted by Crippen LogP contribution is 2.26. The summed E-state index contributed by atoms with van der Waals surface area (Å²) >= 11 is 1.33. The lowest BCUT2D eigenvalue weighted by molar-refractivity contribution is 0.0858. The van der Waals surface area contributed by atoms with E-state index < -0.39 is 11.8 Å². The summed E-state index contributed by atoms with van der Waals surface area (Å²) in [4.78, 5) is 36.3. The lowest BCUT2D eigenvalue weighted by Gasteiger charge is -2.09. The third-order valence-electron chi connectivity index (χ3n) is 4.73. The van der Waals surface area contributed by atoms with Gasteiger partial charge in [-0.3, -0.25) is 14.3 Å². The van der Waals surface area contributed by atoms with Crippen molar-refractivity contribution in [3.05, 3.63) is 41.3 Å². The number of carbonyl (C=O) groups excluding carboxylic acids is 2. The molecule has 0 saturated carbocycles. The molecule has 0 fully saturated rings. The van der Waals surface area contributed by atoms with Gasteiger partial charge in [-0.25, -0.2) is 9.97 Å². The van der Waals surface area contributed by atoms with Crippen molar-refractivity contribution in [3.8, 4) is 16.5 Å². The number of amides is 2. The molecule has 4 heterocycles. The molecule has 174 valence electrons. The van der Waals surface area contributed by atoms with E-state index in [2.05, 4.69) is 25.7 Å². The second kappa shape index (κ2) is 10.5. The molecule has 0 aromatic carbocycles. The number of likely N-dealkylation sites (N-methyl/N-ethyl adjacent to an activating group) is 1. The van der Waals surface area contributed by atoms with E-state index in [-0.39, 0.29) is 11.4 Å². The molecule has 4 rings (SSSR count). The molecule has 4 bridgehead atoms. The van der Waals surface area contributed by atoms with E-state index in [9.17, 15) is 9.59 Å². The topological polar surface area (TPSA) is 124 Å². The minimum absolute atomic E-state index is 0.140. The first-order valence-corrected chi connectivity index (χ1v) is 11.3. The minimum atomic E-state index is -0.423. The monoisotopic (exact) mass is 471 g/mol. The minimum Gasteiger partial charge on any atom is -0.475 e. The van der Waals surface area contributed by atoms with Crippen molar-refractivity contribution in [1.29, 1.82) is 0 Å². The largest absolute Gasteiger partial charge is 0.475 e. The molecule has 11 nitrogen and oxygen atoms in total. The molecule has 3 aromatic rings. The van der Waals surface area contributed by atoms with E-state index in [1.54, 1.807) is 34.6 Å². The second-order valence-corrected chi connectivity index (χ2v) is 8.41. The first-order chi connectivity index (χ1) is 16.0. The Bertz CT molecular complexity index is 1130. The molecule has 0 aliphatic carbocycles. The molecule has 33 heavy (non-hydrogen) atoms. The van der Waals surface area contributed by atoms with Gasteiger partial charge in [-0.1, -0.05) is 0 Å². The van der Waals surface area contributed by atoms with Crippen LogP contribution in [-0.2, 0) is 11.3 Å². The summed E-state index contributed by atoms with van der Waals surface area (Å²) in [6.07, 6.45) is 3.29. The zero-order chi connectivity index (χ0) is 23.2. The number of hydrogen-bond donors (Lipinski definition) is 2. The van der Waals surface area contributed by atoms with Gasteiger partial charge in [0.2, 0.25) is 5.88 Å². The molecule has 0 saturated heterocycles. The predicted molar refractivity (Wildman–Crippen MR) is 123 cm³/mol. The van der Waals surface area contributed by atoms with Crippen LogP contribution >= 0.6 is 11.3 Å². The number of fused-ring (bicyclic) bond motifs is 6. The maximum Gasteiger partial charge on any atom is 0.275 e. The number of nitrogens with zero attached hydrogens (tertiary/aromatic N) is 5. The van der Waals surface area contributed by atoms with Crippen LogP contribution in [0.4, 0.5) is 5.69 Å². The van der Waals surface area contributed by atoms with Crippen LogP contribution in [0.2, 0.25) is 0 Å². The number of ether oxygens (including phenoxy) is 2. The van der Waals surface area contributed by atoms with Crippen molar-refractivity contribution >= 4 is 28.8 Å². The smallest absolute Gasteiger partial charge is 0.275 e. The zero-order valence-corrected chi connectivity index (χ0v) is 19.2. The van der Waals surface area contributed by atoms with E-state index in [4.69, 9.17) is 9.47 Å². The molecule has 2 amide bonds. The number of anilines is 1. The number of pyridine rings is 1. The number of hydrogen-bond acceptors (Lipinski definition) is 9.